The molecule has 0 bridgehead atoms. The number of hydrogen-bond donors (Lipinski definition) is 2. The normalized spacial score (nSPS) is 11.1. The fourth-order valence-electron chi connectivity index (χ4n) is 3.09. The van der Waals surface area contributed by atoms with Gasteiger partial charge in [-0.3, -0.25) is 4.79 Å². The third kappa shape index (κ3) is 7.41. The Labute approximate surface area is 211 Å². The quantitative estimate of drug-likeness (QED) is 0.361. The summed E-state index contributed by atoms with van der Waals surface area (Å²) in [7, 11) is -0.665. The van der Waals surface area contributed by atoms with Gasteiger partial charge in [0.2, 0.25) is 10.0 Å². The van der Waals surface area contributed by atoms with Crippen molar-refractivity contribution in [1.29, 1.82) is 0 Å². The molecule has 2 N–H and O–H groups in total. The van der Waals surface area contributed by atoms with Crippen LogP contribution in [0.3, 0.4) is 0 Å². The van der Waals surface area contributed by atoms with Crippen molar-refractivity contribution in [3.05, 3.63) is 76.5 Å². The maximum absolute atomic E-state index is 13.8. The highest BCUT2D eigenvalue weighted by Crippen LogP contribution is 2.27. The Hall–Kier alpha value is -3.15. The van der Waals surface area contributed by atoms with Gasteiger partial charge in [0.15, 0.2) is 18.1 Å². The van der Waals surface area contributed by atoms with Crippen LogP contribution in [0, 0.1) is 5.82 Å². The van der Waals surface area contributed by atoms with E-state index in [1.54, 1.807) is 25.3 Å². The summed E-state index contributed by atoms with van der Waals surface area (Å²) in [6.45, 7) is -0.186. The largest absolute Gasteiger partial charge is 0.493 e. The van der Waals surface area contributed by atoms with Crippen molar-refractivity contribution >= 4 is 37.5 Å². The van der Waals surface area contributed by atoms with E-state index in [1.807, 2.05) is 6.07 Å². The first-order valence-electron chi connectivity index (χ1n) is 10.4. The van der Waals surface area contributed by atoms with E-state index in [9.17, 15) is 17.6 Å². The van der Waals surface area contributed by atoms with Crippen LogP contribution in [-0.2, 0) is 21.2 Å². The van der Waals surface area contributed by atoms with Crippen molar-refractivity contribution in [2.24, 2.45) is 0 Å². The number of anilines is 1. The lowest BCUT2D eigenvalue weighted by Crippen LogP contribution is -2.26. The minimum atomic E-state index is -3.74. The van der Waals surface area contributed by atoms with Crippen molar-refractivity contribution in [2.45, 2.75) is 11.3 Å². The van der Waals surface area contributed by atoms with Gasteiger partial charge in [-0.1, -0.05) is 22.0 Å². The van der Waals surface area contributed by atoms with E-state index < -0.39 is 21.7 Å². The van der Waals surface area contributed by atoms with E-state index >= 15 is 0 Å². The standard InChI is InChI=1S/C24H24BrFN2O6S/c1-32-22-10-3-16(13-23(22)33-2)11-12-27-35(30,31)19-7-5-18(6-8-19)34-15-24(29)28-21-9-4-17(25)14-20(21)26/h3-10,13-14,27H,11-12,15H2,1-2H3,(H,28,29). The molecule has 0 fully saturated rings. The summed E-state index contributed by atoms with van der Waals surface area (Å²) >= 11 is 3.14. The molecule has 0 aliphatic heterocycles. The highest BCUT2D eigenvalue weighted by atomic mass is 79.9. The zero-order valence-electron chi connectivity index (χ0n) is 19.0. The Morgan fingerprint density at radius 3 is 2.34 bits per heavy atom. The van der Waals surface area contributed by atoms with Crippen molar-refractivity contribution < 1.29 is 31.8 Å². The predicted octanol–water partition coefficient (Wildman–Crippen LogP) is 4.14. The number of carbonyl (C=O) groups is 1. The number of ether oxygens (including phenoxy) is 3. The van der Waals surface area contributed by atoms with E-state index in [0.717, 1.165) is 5.56 Å². The molecule has 3 aromatic carbocycles. The second kappa shape index (κ2) is 12.0. The molecule has 8 nitrogen and oxygen atoms in total. The molecule has 0 atom stereocenters. The third-order valence-electron chi connectivity index (χ3n) is 4.86. The molecule has 0 unspecified atom stereocenters. The van der Waals surface area contributed by atoms with Crippen molar-refractivity contribution in [3.8, 4) is 17.2 Å². The van der Waals surface area contributed by atoms with E-state index in [0.29, 0.717) is 28.1 Å². The minimum absolute atomic E-state index is 0.0300. The molecule has 186 valence electrons. The fraction of sp³-hybridized carbons (Fsp3) is 0.208. The molecule has 0 aliphatic carbocycles. The number of sulfonamides is 1. The topological polar surface area (TPSA) is 103 Å². The zero-order valence-corrected chi connectivity index (χ0v) is 21.4. The molecule has 0 radical (unpaired) electrons. The summed E-state index contributed by atoms with van der Waals surface area (Å²) in [6.07, 6.45) is 0.453. The van der Waals surface area contributed by atoms with Crippen LogP contribution in [0.2, 0.25) is 0 Å². The maximum Gasteiger partial charge on any atom is 0.262 e. The van der Waals surface area contributed by atoms with Gasteiger partial charge >= 0.3 is 0 Å². The molecular formula is C24H24BrFN2O6S. The minimum Gasteiger partial charge on any atom is -0.493 e. The molecule has 3 aromatic rings. The van der Waals surface area contributed by atoms with E-state index in [4.69, 9.17) is 14.2 Å². The lowest BCUT2D eigenvalue weighted by atomic mass is 10.1. The molecule has 0 spiro atoms. The maximum atomic E-state index is 13.8. The second-order valence-electron chi connectivity index (χ2n) is 7.27. The summed E-state index contributed by atoms with van der Waals surface area (Å²) in [5, 5.41) is 2.41. The van der Waals surface area contributed by atoms with Crippen molar-refractivity contribution in [2.75, 3.05) is 32.7 Å². The van der Waals surface area contributed by atoms with Crippen molar-refractivity contribution in [3.63, 3.8) is 0 Å². The molecular weight excluding hydrogens is 543 g/mol. The Morgan fingerprint density at radius 1 is 0.971 bits per heavy atom. The number of nitrogens with one attached hydrogen (secondary N) is 2. The van der Waals surface area contributed by atoms with Crippen molar-refractivity contribution in [1.82, 2.24) is 4.72 Å². The van der Waals surface area contributed by atoms with Crippen LogP contribution in [0.5, 0.6) is 17.2 Å². The molecule has 35 heavy (non-hydrogen) atoms. The SMILES string of the molecule is COc1ccc(CCNS(=O)(=O)c2ccc(OCC(=O)Nc3ccc(Br)cc3F)cc2)cc1OC. The monoisotopic (exact) mass is 566 g/mol. The van der Waals surface area contributed by atoms with Gasteiger partial charge in [0, 0.05) is 11.0 Å². The number of benzene rings is 3. The average molecular weight is 567 g/mol. The number of hydrogen-bond acceptors (Lipinski definition) is 6. The van der Waals surface area contributed by atoms with Crippen LogP contribution in [0.1, 0.15) is 5.56 Å². The molecule has 3 rings (SSSR count). The van der Waals surface area contributed by atoms with E-state index in [-0.39, 0.29) is 23.7 Å². The first-order chi connectivity index (χ1) is 16.7. The number of rotatable bonds is 11. The number of carbonyl (C=O) groups excluding carboxylic acids is 1. The Kier molecular flexibility index (Phi) is 9.07. The van der Waals surface area contributed by atoms with Gasteiger partial charge in [-0.05, 0) is 66.6 Å². The Morgan fingerprint density at radius 2 is 1.69 bits per heavy atom. The smallest absolute Gasteiger partial charge is 0.262 e. The first-order valence-corrected chi connectivity index (χ1v) is 12.7. The van der Waals surface area contributed by atoms with E-state index in [1.165, 1.54) is 43.5 Å². The molecule has 0 aromatic heterocycles. The van der Waals surface area contributed by atoms with Crippen LogP contribution in [0.25, 0.3) is 0 Å². The molecule has 11 heteroatoms. The highest BCUT2D eigenvalue weighted by Gasteiger charge is 2.14. The average Bonchev–Trinajstić information content (AvgIpc) is 2.84. The highest BCUT2D eigenvalue weighted by molar-refractivity contribution is 9.10. The Balaban J connectivity index is 1.51. The summed E-state index contributed by atoms with van der Waals surface area (Å²) in [6, 6.07) is 15.3. The zero-order chi connectivity index (χ0) is 25.4. The van der Waals surface area contributed by atoms with Crippen LogP contribution in [-0.4, -0.2) is 41.7 Å². The van der Waals surface area contributed by atoms with E-state index in [2.05, 4.69) is 26.0 Å². The molecule has 1 amide bonds. The van der Waals surface area contributed by atoms with Gasteiger partial charge in [0.1, 0.15) is 11.6 Å². The number of amides is 1. The Bertz CT molecular complexity index is 1290. The number of halogens is 2. The summed E-state index contributed by atoms with van der Waals surface area (Å²) in [5.41, 5.74) is 0.915. The second-order valence-corrected chi connectivity index (χ2v) is 9.95. The van der Waals surface area contributed by atoms with Crippen LogP contribution < -0.4 is 24.2 Å². The summed E-state index contributed by atoms with van der Waals surface area (Å²) < 4.78 is 57.9. The van der Waals surface area contributed by atoms with Gasteiger partial charge in [-0.2, -0.15) is 0 Å². The first kappa shape index (κ1) is 26.5. The predicted molar refractivity (Wildman–Crippen MR) is 133 cm³/mol. The molecule has 0 heterocycles. The van der Waals surface area contributed by atoms with Gasteiger partial charge in [0.25, 0.3) is 5.91 Å². The van der Waals surface area contributed by atoms with Gasteiger partial charge in [-0.15, -0.1) is 0 Å². The van der Waals surface area contributed by atoms with Crippen LogP contribution in [0.4, 0.5) is 10.1 Å². The summed E-state index contributed by atoms with van der Waals surface area (Å²) in [5.74, 6) is 0.317. The lowest BCUT2D eigenvalue weighted by Gasteiger charge is -2.11. The third-order valence-corrected chi connectivity index (χ3v) is 6.83. The molecule has 0 saturated carbocycles. The fourth-order valence-corrected chi connectivity index (χ4v) is 4.46. The lowest BCUT2D eigenvalue weighted by molar-refractivity contribution is -0.118. The molecule has 0 saturated heterocycles. The van der Waals surface area contributed by atoms with Gasteiger partial charge in [0.05, 0.1) is 24.8 Å². The van der Waals surface area contributed by atoms with Crippen LogP contribution in [0.15, 0.2) is 70.0 Å². The van der Waals surface area contributed by atoms with Gasteiger partial charge < -0.3 is 19.5 Å². The summed E-state index contributed by atoms with van der Waals surface area (Å²) in [4.78, 5) is 12.1. The van der Waals surface area contributed by atoms with Crippen LogP contribution >= 0.6 is 15.9 Å². The van der Waals surface area contributed by atoms with Gasteiger partial charge in [-0.25, -0.2) is 17.5 Å². The molecule has 0 aliphatic rings. The number of methoxy groups -OCH3 is 2.